The number of hydrogen-bond acceptors (Lipinski definition) is 4. The second-order valence-corrected chi connectivity index (χ2v) is 11.6. The Morgan fingerprint density at radius 3 is 2.13 bits per heavy atom. The summed E-state index contributed by atoms with van der Waals surface area (Å²) in [6.07, 6.45) is -13.2. The number of sulfone groups is 1. The lowest BCUT2D eigenvalue weighted by Crippen LogP contribution is -2.51. The first-order valence-corrected chi connectivity index (χ1v) is 13.1. The zero-order chi connectivity index (χ0) is 28.3. The van der Waals surface area contributed by atoms with Gasteiger partial charge in [-0.25, -0.2) is 17.2 Å². The molecular weight excluding hydrogens is 548 g/mol. The van der Waals surface area contributed by atoms with E-state index in [9.17, 15) is 48.3 Å². The number of carbonyl (C=O) groups is 1. The zero-order valence-electron chi connectivity index (χ0n) is 19.8. The lowest BCUT2D eigenvalue weighted by Gasteiger charge is -2.42. The van der Waals surface area contributed by atoms with Crippen LogP contribution in [0.2, 0.25) is 0 Å². The predicted molar refractivity (Wildman–Crippen MR) is 118 cm³/mol. The summed E-state index contributed by atoms with van der Waals surface area (Å²) in [7, 11) is -4.49. The molecule has 4 nitrogen and oxygen atoms in total. The van der Waals surface area contributed by atoms with Gasteiger partial charge in [-0.1, -0.05) is 18.2 Å². The zero-order valence-corrected chi connectivity index (χ0v) is 20.6. The predicted octanol–water partition coefficient (Wildman–Crippen LogP) is 6.32. The summed E-state index contributed by atoms with van der Waals surface area (Å²) >= 11 is 0. The number of hydrogen-bond donors (Lipinski definition) is 0. The number of benzene rings is 2. The van der Waals surface area contributed by atoms with Crippen LogP contribution in [0.5, 0.6) is 0 Å². The van der Waals surface area contributed by atoms with Crippen LogP contribution in [-0.2, 0) is 36.2 Å². The van der Waals surface area contributed by atoms with Gasteiger partial charge < -0.3 is 4.74 Å². The highest BCUT2D eigenvalue weighted by molar-refractivity contribution is 7.92. The van der Waals surface area contributed by atoms with Gasteiger partial charge in [0.1, 0.15) is 10.6 Å². The number of ether oxygens (including phenoxy) is 1. The highest BCUT2D eigenvalue weighted by Crippen LogP contribution is 2.60. The molecule has 0 radical (unpaired) electrons. The van der Waals surface area contributed by atoms with Crippen molar-refractivity contribution in [1.82, 2.24) is 0 Å². The maximum atomic E-state index is 14.8. The minimum absolute atomic E-state index is 0.00712. The van der Waals surface area contributed by atoms with E-state index in [-0.39, 0.29) is 48.3 Å². The molecule has 2 aliphatic rings. The average Bonchev–Trinajstić information content (AvgIpc) is 3.24. The molecule has 0 aliphatic heterocycles. The van der Waals surface area contributed by atoms with Crippen LogP contribution in [0.15, 0.2) is 47.4 Å². The van der Waals surface area contributed by atoms with E-state index >= 15 is 0 Å². The highest BCUT2D eigenvalue weighted by atomic mass is 32.2. The first-order valence-electron chi connectivity index (χ1n) is 11.7. The Morgan fingerprint density at radius 1 is 0.974 bits per heavy atom. The number of fused-ring (bicyclic) bond motifs is 3. The van der Waals surface area contributed by atoms with E-state index in [1.165, 1.54) is 0 Å². The molecule has 2 aromatic rings. The van der Waals surface area contributed by atoms with Gasteiger partial charge in [0, 0.05) is 5.56 Å². The van der Waals surface area contributed by atoms with E-state index in [1.807, 2.05) is 0 Å². The fourth-order valence-electron chi connectivity index (χ4n) is 5.91. The van der Waals surface area contributed by atoms with E-state index in [4.69, 9.17) is 4.74 Å². The van der Waals surface area contributed by atoms with E-state index in [0.717, 1.165) is 30.3 Å². The van der Waals surface area contributed by atoms with Gasteiger partial charge in [-0.05, 0) is 73.9 Å². The van der Waals surface area contributed by atoms with Crippen molar-refractivity contribution in [2.24, 2.45) is 11.8 Å². The van der Waals surface area contributed by atoms with E-state index in [1.54, 1.807) is 6.92 Å². The number of rotatable bonds is 5. The minimum atomic E-state index is -6.34. The number of alkyl halides is 7. The Balaban J connectivity index is 1.95. The SMILES string of the molecule is CCOC(=O)[C@@H]1CC[C@@]2(S(=O)(=O)c3ccc(F)cc3)c3ccc(C(F)(C(F)(F)F)C(F)(F)F)cc3CC[C@@H]12. The van der Waals surface area contributed by atoms with Gasteiger partial charge in [-0.15, -0.1) is 0 Å². The van der Waals surface area contributed by atoms with Crippen molar-refractivity contribution in [1.29, 1.82) is 0 Å². The van der Waals surface area contributed by atoms with Crippen molar-refractivity contribution in [2.45, 2.75) is 60.3 Å². The van der Waals surface area contributed by atoms with Crippen LogP contribution in [0.25, 0.3) is 0 Å². The molecule has 0 saturated heterocycles. The monoisotopic (exact) mass is 570 g/mol. The Kier molecular flexibility index (Phi) is 6.85. The summed E-state index contributed by atoms with van der Waals surface area (Å²) in [5, 5.41) is 0. The van der Waals surface area contributed by atoms with Crippen LogP contribution in [0.3, 0.4) is 0 Å². The van der Waals surface area contributed by atoms with Gasteiger partial charge in [0.25, 0.3) is 0 Å². The summed E-state index contributed by atoms with van der Waals surface area (Å²) in [6.45, 7) is 1.56. The summed E-state index contributed by atoms with van der Waals surface area (Å²) in [6, 6.07) is 5.26. The Labute approximate surface area is 212 Å². The first-order chi connectivity index (χ1) is 17.5. The van der Waals surface area contributed by atoms with Gasteiger partial charge in [-0.3, -0.25) is 4.79 Å². The number of aryl methyl sites for hydroxylation is 1. The molecule has 0 spiro atoms. The van der Waals surface area contributed by atoms with Crippen LogP contribution >= 0.6 is 0 Å². The fraction of sp³-hybridized carbons (Fsp3) is 0.480. The molecule has 0 heterocycles. The van der Waals surface area contributed by atoms with Crippen molar-refractivity contribution in [3.8, 4) is 0 Å². The molecule has 0 amide bonds. The quantitative estimate of drug-likeness (QED) is 0.240. The van der Waals surface area contributed by atoms with E-state index < -0.39 is 61.8 Å². The molecule has 1 fully saturated rings. The van der Waals surface area contributed by atoms with Gasteiger partial charge in [0.05, 0.1) is 17.4 Å². The maximum Gasteiger partial charge on any atom is 0.435 e. The van der Waals surface area contributed by atoms with Gasteiger partial charge in [-0.2, -0.15) is 26.3 Å². The summed E-state index contributed by atoms with van der Waals surface area (Å²) < 4.78 is 140. The van der Waals surface area contributed by atoms with Crippen molar-refractivity contribution >= 4 is 15.8 Å². The standard InChI is InChI=1S/C25H22F8O4S/c1-2-37-21(34)18-11-12-22(38(35,36)17-7-5-16(26)6-8-17)19-10-4-15(13-14(19)3-9-20(18)22)23(27,24(28,29)30)25(31,32)33/h4-8,10,13,18,20H,2-3,9,11-12H2,1H3/t18-,20+,22-/m1/s1. The second-order valence-electron chi connectivity index (χ2n) is 9.42. The van der Waals surface area contributed by atoms with Gasteiger partial charge in [0.2, 0.25) is 0 Å². The molecule has 2 aromatic carbocycles. The molecule has 13 heteroatoms. The topological polar surface area (TPSA) is 60.4 Å². The maximum absolute atomic E-state index is 14.8. The summed E-state index contributed by atoms with van der Waals surface area (Å²) in [5.41, 5.74) is -7.72. The lowest BCUT2D eigenvalue weighted by atomic mass is 9.72. The second kappa shape index (κ2) is 9.20. The lowest BCUT2D eigenvalue weighted by molar-refractivity contribution is -0.348. The molecule has 4 rings (SSSR count). The molecule has 0 bridgehead atoms. The third kappa shape index (κ3) is 3.99. The van der Waals surface area contributed by atoms with Crippen molar-refractivity contribution < 1.29 is 53.1 Å². The van der Waals surface area contributed by atoms with Crippen LogP contribution < -0.4 is 0 Å². The van der Waals surface area contributed by atoms with Crippen molar-refractivity contribution in [3.63, 3.8) is 0 Å². The number of esters is 1. The van der Waals surface area contributed by atoms with Crippen LogP contribution in [0.1, 0.15) is 42.9 Å². The van der Waals surface area contributed by atoms with Crippen LogP contribution in [0, 0.1) is 17.7 Å². The largest absolute Gasteiger partial charge is 0.466 e. The van der Waals surface area contributed by atoms with Crippen molar-refractivity contribution in [3.05, 3.63) is 65.0 Å². The molecule has 0 N–H and O–H groups in total. The molecule has 208 valence electrons. The molecular formula is C25H22F8O4S. The van der Waals surface area contributed by atoms with E-state index in [0.29, 0.717) is 12.1 Å². The molecule has 38 heavy (non-hydrogen) atoms. The van der Waals surface area contributed by atoms with E-state index in [2.05, 4.69) is 0 Å². The molecule has 0 unspecified atom stereocenters. The molecule has 0 aromatic heterocycles. The average molecular weight is 570 g/mol. The first kappa shape index (κ1) is 28.3. The Morgan fingerprint density at radius 2 is 1.58 bits per heavy atom. The highest BCUT2D eigenvalue weighted by Gasteiger charge is 2.74. The summed E-state index contributed by atoms with van der Waals surface area (Å²) in [5.74, 6) is -3.26. The normalized spacial score (nSPS) is 24.0. The van der Waals surface area contributed by atoms with Gasteiger partial charge in [0.15, 0.2) is 9.84 Å². The number of carbonyl (C=O) groups excluding carboxylic acids is 1. The Bertz CT molecular complexity index is 1320. The summed E-state index contributed by atoms with van der Waals surface area (Å²) in [4.78, 5) is 12.4. The van der Waals surface area contributed by atoms with Gasteiger partial charge >= 0.3 is 24.0 Å². The molecule has 3 atom stereocenters. The number of halogens is 8. The Hall–Kier alpha value is -2.70. The molecule has 2 aliphatic carbocycles. The molecule has 1 saturated carbocycles. The van der Waals surface area contributed by atoms with Crippen LogP contribution in [0.4, 0.5) is 35.1 Å². The smallest absolute Gasteiger partial charge is 0.435 e. The third-order valence-electron chi connectivity index (χ3n) is 7.57. The minimum Gasteiger partial charge on any atom is -0.466 e. The van der Waals surface area contributed by atoms with Crippen LogP contribution in [-0.4, -0.2) is 33.3 Å². The third-order valence-corrected chi connectivity index (χ3v) is 10.1. The fourth-order valence-corrected chi connectivity index (χ4v) is 8.38. The van der Waals surface area contributed by atoms with Crippen molar-refractivity contribution in [2.75, 3.05) is 6.61 Å².